The van der Waals surface area contributed by atoms with Crippen LogP contribution in [0.3, 0.4) is 0 Å². The molecule has 0 aliphatic carbocycles. The fourth-order valence-electron chi connectivity index (χ4n) is 1.91. The lowest BCUT2D eigenvalue weighted by molar-refractivity contribution is -0.380. The summed E-state index contributed by atoms with van der Waals surface area (Å²) in [6.45, 7) is 0.545. The van der Waals surface area contributed by atoms with Crippen LogP contribution in [0.4, 0.5) is 5.00 Å². The summed E-state index contributed by atoms with van der Waals surface area (Å²) in [5.74, 6) is 0. The molecule has 0 aliphatic heterocycles. The summed E-state index contributed by atoms with van der Waals surface area (Å²) in [7, 11) is 0. The molecular formula is C14H16N2O3S. The zero-order valence-corrected chi connectivity index (χ0v) is 11.7. The number of hydrogen-bond donors (Lipinski definition) is 2. The molecule has 0 saturated heterocycles. The summed E-state index contributed by atoms with van der Waals surface area (Å²) in [5, 5.41) is 25.1. The Balaban J connectivity index is 1.88. The topological polar surface area (TPSA) is 75.4 Å². The van der Waals surface area contributed by atoms with Crippen molar-refractivity contribution in [2.75, 3.05) is 6.61 Å². The maximum atomic E-state index is 10.6. The molecule has 1 aromatic carbocycles. The Kier molecular flexibility index (Phi) is 5.23. The second-order valence-corrected chi connectivity index (χ2v) is 5.39. The van der Waals surface area contributed by atoms with Crippen molar-refractivity contribution in [2.45, 2.75) is 19.0 Å². The van der Waals surface area contributed by atoms with Crippen molar-refractivity contribution in [1.82, 2.24) is 5.32 Å². The molecule has 2 aromatic rings. The van der Waals surface area contributed by atoms with E-state index in [-0.39, 0.29) is 22.6 Å². The number of nitrogens with zero attached hydrogens (tertiary/aromatic N) is 1. The first-order chi connectivity index (χ1) is 9.69. The highest BCUT2D eigenvalue weighted by atomic mass is 32.1. The van der Waals surface area contributed by atoms with Gasteiger partial charge in [0.1, 0.15) is 0 Å². The number of rotatable bonds is 7. The molecule has 0 saturated carbocycles. The van der Waals surface area contributed by atoms with Gasteiger partial charge in [-0.25, -0.2) is 0 Å². The van der Waals surface area contributed by atoms with Crippen LogP contribution in [0.2, 0.25) is 0 Å². The molecule has 1 aromatic heterocycles. The van der Waals surface area contributed by atoms with Gasteiger partial charge >= 0.3 is 5.00 Å². The fourth-order valence-corrected chi connectivity index (χ4v) is 2.64. The number of aliphatic hydroxyl groups is 1. The first kappa shape index (κ1) is 14.6. The van der Waals surface area contributed by atoms with Crippen LogP contribution in [0, 0.1) is 10.1 Å². The van der Waals surface area contributed by atoms with Crippen LogP contribution in [0.5, 0.6) is 0 Å². The number of thiophene rings is 1. The maximum Gasteiger partial charge on any atom is 0.324 e. The van der Waals surface area contributed by atoms with Crippen molar-refractivity contribution in [3.05, 3.63) is 63.0 Å². The molecule has 0 spiro atoms. The molecule has 0 unspecified atom stereocenters. The predicted molar refractivity (Wildman–Crippen MR) is 78.8 cm³/mol. The third kappa shape index (κ3) is 4.12. The third-order valence-electron chi connectivity index (χ3n) is 2.96. The minimum Gasteiger partial charge on any atom is -0.395 e. The maximum absolute atomic E-state index is 10.6. The van der Waals surface area contributed by atoms with Crippen molar-refractivity contribution in [3.63, 3.8) is 0 Å². The SMILES string of the molecule is O=[N+]([O-])c1cc(CN[C@@H](CO)Cc2ccccc2)cs1. The van der Waals surface area contributed by atoms with E-state index in [0.29, 0.717) is 6.54 Å². The smallest absolute Gasteiger partial charge is 0.324 e. The third-order valence-corrected chi connectivity index (χ3v) is 3.89. The van der Waals surface area contributed by atoms with E-state index in [1.807, 2.05) is 30.3 Å². The van der Waals surface area contributed by atoms with Gasteiger partial charge in [-0.05, 0) is 17.5 Å². The van der Waals surface area contributed by atoms with E-state index in [4.69, 9.17) is 0 Å². The van der Waals surface area contributed by atoms with Crippen LogP contribution >= 0.6 is 11.3 Å². The highest BCUT2D eigenvalue weighted by Gasteiger charge is 2.12. The standard InChI is InChI=1S/C14H16N2O3S/c17-9-13(6-11-4-2-1-3-5-11)15-8-12-7-14(16(18)19)20-10-12/h1-5,7,10,13,15,17H,6,8-9H2/t13-/m1/s1. The molecule has 6 heteroatoms. The fraction of sp³-hybridized carbons (Fsp3) is 0.286. The molecule has 1 atom stereocenters. The van der Waals surface area contributed by atoms with Gasteiger partial charge in [-0.3, -0.25) is 10.1 Å². The molecular weight excluding hydrogens is 276 g/mol. The van der Waals surface area contributed by atoms with E-state index in [2.05, 4.69) is 5.32 Å². The van der Waals surface area contributed by atoms with Crippen molar-refractivity contribution in [1.29, 1.82) is 0 Å². The molecule has 0 fully saturated rings. The molecule has 2 rings (SSSR count). The van der Waals surface area contributed by atoms with Gasteiger partial charge in [-0.15, -0.1) is 0 Å². The molecule has 5 nitrogen and oxygen atoms in total. The average Bonchev–Trinajstić information content (AvgIpc) is 2.93. The summed E-state index contributed by atoms with van der Waals surface area (Å²) >= 11 is 1.12. The van der Waals surface area contributed by atoms with E-state index in [1.165, 1.54) is 0 Å². The minimum absolute atomic E-state index is 0.0289. The van der Waals surface area contributed by atoms with Crippen molar-refractivity contribution in [3.8, 4) is 0 Å². The Morgan fingerprint density at radius 2 is 2.05 bits per heavy atom. The molecule has 20 heavy (non-hydrogen) atoms. The molecule has 0 amide bonds. The molecule has 1 heterocycles. The van der Waals surface area contributed by atoms with Gasteiger partial charge in [0.15, 0.2) is 0 Å². The zero-order chi connectivity index (χ0) is 14.4. The molecule has 2 N–H and O–H groups in total. The number of nitrogens with one attached hydrogen (secondary N) is 1. The Labute approximate surface area is 121 Å². The Hall–Kier alpha value is -1.76. The van der Waals surface area contributed by atoms with Crippen molar-refractivity contribution < 1.29 is 10.0 Å². The minimum atomic E-state index is -0.387. The van der Waals surface area contributed by atoms with Gasteiger partial charge in [0.05, 0.1) is 11.5 Å². The first-order valence-corrected chi connectivity index (χ1v) is 7.17. The van der Waals surface area contributed by atoms with Crippen molar-refractivity contribution >= 4 is 16.3 Å². The molecule has 0 radical (unpaired) electrons. The molecule has 106 valence electrons. The van der Waals surface area contributed by atoms with Crippen LogP contribution in [0.15, 0.2) is 41.8 Å². The number of aliphatic hydroxyl groups excluding tert-OH is 1. The van der Waals surface area contributed by atoms with Gasteiger partial charge in [-0.2, -0.15) is 0 Å². The lowest BCUT2D eigenvalue weighted by Crippen LogP contribution is -2.33. The number of benzene rings is 1. The summed E-state index contributed by atoms with van der Waals surface area (Å²) in [4.78, 5) is 10.2. The monoisotopic (exact) mass is 292 g/mol. The summed E-state index contributed by atoms with van der Waals surface area (Å²) in [6, 6.07) is 11.4. The first-order valence-electron chi connectivity index (χ1n) is 6.29. The van der Waals surface area contributed by atoms with Crippen molar-refractivity contribution in [2.24, 2.45) is 0 Å². The largest absolute Gasteiger partial charge is 0.395 e. The molecule has 0 aliphatic rings. The second-order valence-electron chi connectivity index (χ2n) is 4.50. The van der Waals surface area contributed by atoms with E-state index in [9.17, 15) is 15.2 Å². The van der Waals surface area contributed by atoms with Crippen LogP contribution in [0.25, 0.3) is 0 Å². The number of hydrogen-bond acceptors (Lipinski definition) is 5. The van der Waals surface area contributed by atoms with Gasteiger partial charge in [-0.1, -0.05) is 41.7 Å². The second kappa shape index (κ2) is 7.14. The number of nitro groups is 1. The van der Waals surface area contributed by atoms with Gasteiger partial charge in [0.25, 0.3) is 0 Å². The van der Waals surface area contributed by atoms with E-state index >= 15 is 0 Å². The predicted octanol–water partition coefficient (Wildman–Crippen LogP) is 2.35. The Bertz CT molecular complexity index is 557. The van der Waals surface area contributed by atoms with Gasteiger partial charge in [0.2, 0.25) is 0 Å². The van der Waals surface area contributed by atoms with Crippen LogP contribution < -0.4 is 5.32 Å². The average molecular weight is 292 g/mol. The van der Waals surface area contributed by atoms with Gasteiger partial charge in [0, 0.05) is 24.0 Å². The summed E-state index contributed by atoms with van der Waals surface area (Å²) < 4.78 is 0. The Morgan fingerprint density at radius 3 is 2.65 bits per heavy atom. The lowest BCUT2D eigenvalue weighted by Gasteiger charge is -2.15. The highest BCUT2D eigenvalue weighted by molar-refractivity contribution is 7.13. The quantitative estimate of drug-likeness (QED) is 0.607. The lowest BCUT2D eigenvalue weighted by atomic mass is 10.1. The molecule has 0 bridgehead atoms. The van der Waals surface area contributed by atoms with E-state index < -0.39 is 0 Å². The normalized spacial score (nSPS) is 12.2. The van der Waals surface area contributed by atoms with E-state index in [1.54, 1.807) is 11.4 Å². The van der Waals surface area contributed by atoms with Gasteiger partial charge < -0.3 is 10.4 Å². The van der Waals surface area contributed by atoms with Crippen LogP contribution in [-0.4, -0.2) is 22.7 Å². The zero-order valence-electron chi connectivity index (χ0n) is 10.9. The Morgan fingerprint density at radius 1 is 1.30 bits per heavy atom. The van der Waals surface area contributed by atoms with Crippen LogP contribution in [-0.2, 0) is 13.0 Å². The van der Waals surface area contributed by atoms with E-state index in [0.717, 1.165) is 28.9 Å². The summed E-state index contributed by atoms with van der Waals surface area (Å²) in [6.07, 6.45) is 0.726. The van der Waals surface area contributed by atoms with Crippen LogP contribution in [0.1, 0.15) is 11.1 Å². The highest BCUT2D eigenvalue weighted by Crippen LogP contribution is 2.22. The summed E-state index contributed by atoms with van der Waals surface area (Å²) in [5.41, 5.74) is 2.02.